The number of nitrogens with one attached hydrogen (secondary N) is 1. The molecule has 2 aromatic rings. The van der Waals surface area contributed by atoms with Crippen molar-refractivity contribution in [3.8, 4) is 0 Å². The highest BCUT2D eigenvalue weighted by Gasteiger charge is 2.19. The molecular weight excluding hydrogens is 271 g/mol. The molecule has 0 bridgehead atoms. The Balaban J connectivity index is 2.15. The maximum atomic E-state index is 13.7. The van der Waals surface area contributed by atoms with Crippen LogP contribution in [0, 0.1) is 17.5 Å². The van der Waals surface area contributed by atoms with Gasteiger partial charge in [0.15, 0.2) is 17.5 Å². The first-order valence-corrected chi connectivity index (χ1v) is 6.84. The number of hydrogen-bond donors (Lipinski definition) is 1. The fourth-order valence-electron chi connectivity index (χ4n) is 2.01. The van der Waals surface area contributed by atoms with Gasteiger partial charge in [0, 0.05) is 16.5 Å². The van der Waals surface area contributed by atoms with Crippen LogP contribution in [-0.2, 0) is 6.42 Å². The van der Waals surface area contributed by atoms with Gasteiger partial charge in [0.25, 0.3) is 0 Å². The van der Waals surface area contributed by atoms with Crippen LogP contribution in [0.25, 0.3) is 0 Å². The zero-order valence-corrected chi connectivity index (χ0v) is 11.2. The largest absolute Gasteiger partial charge is 0.313 e. The van der Waals surface area contributed by atoms with Crippen molar-refractivity contribution in [2.45, 2.75) is 18.9 Å². The molecule has 0 aliphatic rings. The summed E-state index contributed by atoms with van der Waals surface area (Å²) in [7, 11) is 1.68. The molecule has 1 atom stereocenters. The molecular formula is C14H14F3NS. The Morgan fingerprint density at radius 3 is 2.58 bits per heavy atom. The van der Waals surface area contributed by atoms with E-state index in [9.17, 15) is 13.2 Å². The molecule has 1 nitrogen and oxygen atoms in total. The second-order valence-corrected chi connectivity index (χ2v) is 5.26. The summed E-state index contributed by atoms with van der Waals surface area (Å²) in [5, 5.41) is 4.92. The van der Waals surface area contributed by atoms with Crippen LogP contribution < -0.4 is 5.32 Å². The van der Waals surface area contributed by atoms with Gasteiger partial charge in [-0.3, -0.25) is 0 Å². The third-order valence-corrected chi connectivity index (χ3v) is 3.98. The lowest BCUT2D eigenvalue weighted by Crippen LogP contribution is -2.19. The number of hydrogen-bond acceptors (Lipinski definition) is 2. The lowest BCUT2D eigenvalue weighted by atomic mass is 10.0. The molecule has 0 radical (unpaired) electrons. The molecule has 1 heterocycles. The molecule has 0 spiro atoms. The molecule has 0 saturated carbocycles. The van der Waals surface area contributed by atoms with Crippen LogP contribution in [0.15, 0.2) is 29.6 Å². The third-order valence-electron chi connectivity index (χ3n) is 3.05. The SMILES string of the molecule is CNC(CCc1cccs1)c1ccc(F)c(F)c1F. The van der Waals surface area contributed by atoms with Crippen LogP contribution in [0.4, 0.5) is 13.2 Å². The molecule has 0 fully saturated rings. The standard InChI is InChI=1S/C14H14F3NS/c1-18-12(7-4-9-3-2-8-19-9)10-5-6-11(15)14(17)13(10)16/h2-3,5-6,8,12,18H,4,7H2,1H3. The van der Waals surface area contributed by atoms with E-state index in [4.69, 9.17) is 0 Å². The number of benzene rings is 1. The van der Waals surface area contributed by atoms with E-state index >= 15 is 0 Å². The van der Waals surface area contributed by atoms with Gasteiger partial charge >= 0.3 is 0 Å². The van der Waals surface area contributed by atoms with Crippen molar-refractivity contribution < 1.29 is 13.2 Å². The average molecular weight is 285 g/mol. The lowest BCUT2D eigenvalue weighted by molar-refractivity contribution is 0.424. The van der Waals surface area contributed by atoms with Crippen molar-refractivity contribution in [2.75, 3.05) is 7.05 Å². The van der Waals surface area contributed by atoms with Crippen molar-refractivity contribution in [1.82, 2.24) is 5.32 Å². The number of aryl methyl sites for hydroxylation is 1. The Kier molecular flexibility index (Phi) is 4.61. The molecule has 0 amide bonds. The van der Waals surface area contributed by atoms with E-state index in [1.165, 1.54) is 10.9 Å². The highest BCUT2D eigenvalue weighted by atomic mass is 32.1. The molecule has 1 aromatic heterocycles. The van der Waals surface area contributed by atoms with Gasteiger partial charge in [-0.05, 0) is 37.4 Å². The Labute approximate surface area is 114 Å². The highest BCUT2D eigenvalue weighted by molar-refractivity contribution is 7.09. The van der Waals surface area contributed by atoms with Gasteiger partial charge in [-0.15, -0.1) is 11.3 Å². The topological polar surface area (TPSA) is 12.0 Å². The molecule has 5 heteroatoms. The second kappa shape index (κ2) is 6.21. The first-order valence-electron chi connectivity index (χ1n) is 5.96. The van der Waals surface area contributed by atoms with Crippen molar-refractivity contribution in [3.05, 3.63) is 57.5 Å². The van der Waals surface area contributed by atoms with Crippen LogP contribution in [0.5, 0.6) is 0 Å². The summed E-state index contributed by atoms with van der Waals surface area (Å²) in [4.78, 5) is 1.18. The molecule has 2 rings (SSSR count). The Morgan fingerprint density at radius 2 is 1.95 bits per heavy atom. The first kappa shape index (κ1) is 14.1. The highest BCUT2D eigenvalue weighted by Crippen LogP contribution is 2.25. The molecule has 19 heavy (non-hydrogen) atoms. The summed E-state index contributed by atoms with van der Waals surface area (Å²) in [6.45, 7) is 0. The van der Waals surface area contributed by atoms with Gasteiger partial charge in [-0.1, -0.05) is 12.1 Å². The van der Waals surface area contributed by atoms with E-state index in [0.717, 1.165) is 12.5 Å². The fraction of sp³-hybridized carbons (Fsp3) is 0.286. The maximum absolute atomic E-state index is 13.7. The third kappa shape index (κ3) is 3.16. The first-order chi connectivity index (χ1) is 9.13. The average Bonchev–Trinajstić information content (AvgIpc) is 2.92. The summed E-state index contributed by atoms with van der Waals surface area (Å²) >= 11 is 1.62. The Morgan fingerprint density at radius 1 is 1.16 bits per heavy atom. The van der Waals surface area contributed by atoms with Crippen LogP contribution in [0.3, 0.4) is 0 Å². The summed E-state index contributed by atoms with van der Waals surface area (Å²) in [6, 6.07) is 5.87. The van der Waals surface area contributed by atoms with Crippen LogP contribution in [-0.4, -0.2) is 7.05 Å². The van der Waals surface area contributed by atoms with Gasteiger partial charge in [0.2, 0.25) is 0 Å². The summed E-state index contributed by atoms with van der Waals surface area (Å²) < 4.78 is 39.8. The van der Waals surface area contributed by atoms with E-state index in [1.807, 2.05) is 17.5 Å². The molecule has 0 saturated heterocycles. The van der Waals surface area contributed by atoms with E-state index in [2.05, 4.69) is 5.32 Å². The normalized spacial score (nSPS) is 12.6. The molecule has 1 unspecified atom stereocenters. The molecule has 0 aliphatic heterocycles. The lowest BCUT2D eigenvalue weighted by Gasteiger charge is -2.17. The number of thiophene rings is 1. The molecule has 1 N–H and O–H groups in total. The monoisotopic (exact) mass is 285 g/mol. The van der Waals surface area contributed by atoms with Crippen molar-refractivity contribution in [3.63, 3.8) is 0 Å². The van der Waals surface area contributed by atoms with E-state index in [-0.39, 0.29) is 11.6 Å². The number of rotatable bonds is 5. The predicted octanol–water partition coefficient (Wildman–Crippen LogP) is 4.06. The van der Waals surface area contributed by atoms with Crippen molar-refractivity contribution in [2.24, 2.45) is 0 Å². The smallest absolute Gasteiger partial charge is 0.194 e. The summed E-state index contributed by atoms with van der Waals surface area (Å²) in [5.74, 6) is -3.67. The molecule has 0 aliphatic carbocycles. The van der Waals surface area contributed by atoms with Gasteiger partial charge in [-0.2, -0.15) is 0 Å². The predicted molar refractivity (Wildman–Crippen MR) is 70.8 cm³/mol. The zero-order chi connectivity index (χ0) is 13.8. The van der Waals surface area contributed by atoms with E-state index in [1.54, 1.807) is 18.4 Å². The van der Waals surface area contributed by atoms with Crippen molar-refractivity contribution >= 4 is 11.3 Å². The summed E-state index contributed by atoms with van der Waals surface area (Å²) in [5.41, 5.74) is 0.165. The maximum Gasteiger partial charge on any atom is 0.194 e. The zero-order valence-electron chi connectivity index (χ0n) is 10.4. The van der Waals surface area contributed by atoms with Gasteiger partial charge < -0.3 is 5.32 Å². The van der Waals surface area contributed by atoms with Gasteiger partial charge in [0.1, 0.15) is 0 Å². The van der Waals surface area contributed by atoms with Crippen LogP contribution in [0.2, 0.25) is 0 Å². The Bertz CT molecular complexity index is 540. The van der Waals surface area contributed by atoms with Crippen LogP contribution >= 0.6 is 11.3 Å². The summed E-state index contributed by atoms with van der Waals surface area (Å²) in [6.07, 6.45) is 1.39. The van der Waals surface area contributed by atoms with E-state index in [0.29, 0.717) is 6.42 Å². The van der Waals surface area contributed by atoms with Crippen molar-refractivity contribution in [1.29, 1.82) is 0 Å². The number of halogens is 3. The van der Waals surface area contributed by atoms with Gasteiger partial charge in [-0.25, -0.2) is 13.2 Å². The Hall–Kier alpha value is -1.33. The van der Waals surface area contributed by atoms with Gasteiger partial charge in [0.05, 0.1) is 0 Å². The minimum atomic E-state index is -1.41. The van der Waals surface area contributed by atoms with Crippen LogP contribution in [0.1, 0.15) is 22.9 Å². The minimum Gasteiger partial charge on any atom is -0.313 e. The molecule has 102 valence electrons. The van der Waals surface area contributed by atoms with E-state index < -0.39 is 17.5 Å². The second-order valence-electron chi connectivity index (χ2n) is 4.22. The quantitative estimate of drug-likeness (QED) is 0.817. The molecule has 1 aromatic carbocycles. The fourth-order valence-corrected chi connectivity index (χ4v) is 2.73. The minimum absolute atomic E-state index is 0.165.